The van der Waals surface area contributed by atoms with Gasteiger partial charge in [-0.3, -0.25) is 4.79 Å². The van der Waals surface area contributed by atoms with Gasteiger partial charge in [0.2, 0.25) is 5.91 Å². The van der Waals surface area contributed by atoms with Gasteiger partial charge in [0.05, 0.1) is 12.9 Å². The van der Waals surface area contributed by atoms with E-state index < -0.39 is 0 Å². The Morgan fingerprint density at radius 3 is 2.77 bits per heavy atom. The first-order valence-electron chi connectivity index (χ1n) is 6.97. The van der Waals surface area contributed by atoms with Crippen LogP contribution in [0.15, 0.2) is 48.5 Å². The third-order valence-electron chi connectivity index (χ3n) is 3.61. The van der Waals surface area contributed by atoms with Gasteiger partial charge in [-0.15, -0.1) is 11.8 Å². The second-order valence-electron chi connectivity index (χ2n) is 5.09. The van der Waals surface area contributed by atoms with Crippen molar-refractivity contribution in [1.29, 1.82) is 0 Å². The lowest BCUT2D eigenvalue weighted by Gasteiger charge is -2.24. The molecule has 3 rings (SSSR count). The zero-order chi connectivity index (χ0) is 15.5. The van der Waals surface area contributed by atoms with Crippen molar-refractivity contribution in [3.05, 3.63) is 65.5 Å². The number of hydrogen-bond acceptors (Lipinski definition) is 3. The summed E-state index contributed by atoms with van der Waals surface area (Å²) in [6.45, 7) is 0.480. The molecular formula is C17H16FNO2S. The van der Waals surface area contributed by atoms with Gasteiger partial charge < -0.3 is 9.64 Å². The number of benzene rings is 2. The van der Waals surface area contributed by atoms with E-state index in [1.807, 2.05) is 29.2 Å². The standard InChI is InChI=1S/C17H16FNO2S/c1-21-15-4-2-3-13(9-15)17-19(16(20)11-22-17)10-12-5-7-14(18)8-6-12/h2-9,17H,10-11H2,1H3. The molecule has 1 amide bonds. The van der Waals surface area contributed by atoms with Gasteiger partial charge in [0.15, 0.2) is 0 Å². The predicted molar refractivity (Wildman–Crippen MR) is 85.1 cm³/mol. The largest absolute Gasteiger partial charge is 0.497 e. The Kier molecular flexibility index (Phi) is 4.34. The van der Waals surface area contributed by atoms with E-state index in [1.54, 1.807) is 31.0 Å². The maximum atomic E-state index is 13.0. The van der Waals surface area contributed by atoms with E-state index in [-0.39, 0.29) is 17.1 Å². The van der Waals surface area contributed by atoms with Gasteiger partial charge in [-0.05, 0) is 35.4 Å². The summed E-state index contributed by atoms with van der Waals surface area (Å²) in [7, 11) is 1.63. The van der Waals surface area contributed by atoms with E-state index in [4.69, 9.17) is 4.74 Å². The Bertz CT molecular complexity index is 675. The summed E-state index contributed by atoms with van der Waals surface area (Å²) < 4.78 is 18.3. The van der Waals surface area contributed by atoms with Crippen LogP contribution in [0.5, 0.6) is 5.75 Å². The summed E-state index contributed by atoms with van der Waals surface area (Å²) in [5.74, 6) is 1.07. The van der Waals surface area contributed by atoms with Crippen LogP contribution in [-0.2, 0) is 11.3 Å². The highest BCUT2D eigenvalue weighted by molar-refractivity contribution is 8.00. The highest BCUT2D eigenvalue weighted by Gasteiger charge is 2.32. The molecule has 1 unspecified atom stereocenters. The smallest absolute Gasteiger partial charge is 0.234 e. The molecular weight excluding hydrogens is 301 g/mol. The van der Waals surface area contributed by atoms with Crippen LogP contribution in [0.1, 0.15) is 16.5 Å². The van der Waals surface area contributed by atoms with E-state index in [0.717, 1.165) is 16.9 Å². The van der Waals surface area contributed by atoms with Gasteiger partial charge >= 0.3 is 0 Å². The van der Waals surface area contributed by atoms with Crippen LogP contribution < -0.4 is 4.74 Å². The predicted octanol–water partition coefficient (Wildman–Crippen LogP) is 3.61. The third kappa shape index (κ3) is 3.09. The Balaban J connectivity index is 1.84. The lowest BCUT2D eigenvalue weighted by Crippen LogP contribution is -2.27. The quantitative estimate of drug-likeness (QED) is 0.863. The highest BCUT2D eigenvalue weighted by atomic mass is 32.2. The summed E-state index contributed by atoms with van der Waals surface area (Å²) in [4.78, 5) is 14.0. The first kappa shape index (κ1) is 14.9. The van der Waals surface area contributed by atoms with Crippen molar-refractivity contribution in [2.24, 2.45) is 0 Å². The Hall–Kier alpha value is -2.01. The van der Waals surface area contributed by atoms with Gasteiger partial charge in [0.1, 0.15) is 16.9 Å². The molecule has 2 aromatic carbocycles. The molecule has 1 saturated heterocycles. The molecule has 22 heavy (non-hydrogen) atoms. The zero-order valence-electron chi connectivity index (χ0n) is 12.2. The fourth-order valence-electron chi connectivity index (χ4n) is 2.48. The van der Waals surface area contributed by atoms with E-state index in [0.29, 0.717) is 12.3 Å². The van der Waals surface area contributed by atoms with E-state index in [9.17, 15) is 9.18 Å². The van der Waals surface area contributed by atoms with Gasteiger partial charge in [-0.2, -0.15) is 0 Å². The number of nitrogens with zero attached hydrogens (tertiary/aromatic N) is 1. The molecule has 2 aromatic rings. The van der Waals surface area contributed by atoms with Gasteiger partial charge in [0, 0.05) is 6.54 Å². The first-order chi connectivity index (χ1) is 10.7. The number of carbonyl (C=O) groups is 1. The summed E-state index contributed by atoms with van der Waals surface area (Å²) in [6, 6.07) is 14.0. The monoisotopic (exact) mass is 317 g/mol. The van der Waals surface area contributed by atoms with E-state index in [1.165, 1.54) is 12.1 Å². The second-order valence-corrected chi connectivity index (χ2v) is 6.16. The molecule has 1 aliphatic rings. The van der Waals surface area contributed by atoms with E-state index in [2.05, 4.69) is 0 Å². The average molecular weight is 317 g/mol. The Morgan fingerprint density at radius 1 is 1.27 bits per heavy atom. The summed E-state index contributed by atoms with van der Waals surface area (Å²) >= 11 is 1.60. The molecule has 0 bridgehead atoms. The molecule has 0 N–H and O–H groups in total. The summed E-state index contributed by atoms with van der Waals surface area (Å²) in [5, 5.41) is -0.0346. The van der Waals surface area contributed by atoms with Crippen LogP contribution in [0.3, 0.4) is 0 Å². The van der Waals surface area contributed by atoms with Crippen molar-refractivity contribution < 1.29 is 13.9 Å². The number of methoxy groups -OCH3 is 1. The van der Waals surface area contributed by atoms with Crippen molar-refractivity contribution in [1.82, 2.24) is 4.90 Å². The number of hydrogen-bond donors (Lipinski definition) is 0. The number of carbonyl (C=O) groups excluding carboxylic acids is 1. The van der Waals surface area contributed by atoms with Crippen LogP contribution in [0.2, 0.25) is 0 Å². The molecule has 1 heterocycles. The lowest BCUT2D eigenvalue weighted by molar-refractivity contribution is -0.128. The number of thioether (sulfide) groups is 1. The van der Waals surface area contributed by atoms with Crippen molar-refractivity contribution in [3.8, 4) is 5.75 Å². The molecule has 0 spiro atoms. The minimum atomic E-state index is -0.268. The van der Waals surface area contributed by atoms with Gasteiger partial charge in [0.25, 0.3) is 0 Å². The number of amides is 1. The molecule has 1 fully saturated rings. The molecule has 3 nitrogen and oxygen atoms in total. The maximum absolute atomic E-state index is 13.0. The van der Waals surface area contributed by atoms with Gasteiger partial charge in [-0.1, -0.05) is 24.3 Å². The molecule has 114 valence electrons. The summed E-state index contributed by atoms with van der Waals surface area (Å²) in [5.41, 5.74) is 1.96. The SMILES string of the molecule is COc1cccc(C2SCC(=O)N2Cc2ccc(F)cc2)c1. The van der Waals surface area contributed by atoms with E-state index >= 15 is 0 Å². The molecule has 0 radical (unpaired) electrons. The minimum absolute atomic E-state index is 0.0346. The molecule has 0 aliphatic carbocycles. The maximum Gasteiger partial charge on any atom is 0.234 e. The van der Waals surface area contributed by atoms with Crippen molar-refractivity contribution in [3.63, 3.8) is 0 Å². The van der Waals surface area contributed by atoms with Crippen LogP contribution in [0.25, 0.3) is 0 Å². The van der Waals surface area contributed by atoms with Crippen LogP contribution >= 0.6 is 11.8 Å². The average Bonchev–Trinajstić information content (AvgIpc) is 2.91. The second kappa shape index (κ2) is 6.40. The molecule has 1 aliphatic heterocycles. The highest BCUT2D eigenvalue weighted by Crippen LogP contribution is 2.40. The molecule has 0 saturated carbocycles. The number of rotatable bonds is 4. The van der Waals surface area contributed by atoms with Crippen LogP contribution in [0, 0.1) is 5.82 Å². The summed E-state index contributed by atoms with van der Waals surface area (Å²) in [6.07, 6.45) is 0. The molecule has 5 heteroatoms. The topological polar surface area (TPSA) is 29.5 Å². The Morgan fingerprint density at radius 2 is 2.05 bits per heavy atom. The number of halogens is 1. The normalized spacial score (nSPS) is 17.8. The van der Waals surface area contributed by atoms with Crippen molar-refractivity contribution in [2.45, 2.75) is 11.9 Å². The fraction of sp³-hybridized carbons (Fsp3) is 0.235. The van der Waals surface area contributed by atoms with Crippen LogP contribution in [0.4, 0.5) is 4.39 Å². The van der Waals surface area contributed by atoms with Crippen molar-refractivity contribution in [2.75, 3.05) is 12.9 Å². The first-order valence-corrected chi connectivity index (χ1v) is 8.02. The molecule has 0 aromatic heterocycles. The number of ether oxygens (including phenoxy) is 1. The minimum Gasteiger partial charge on any atom is -0.497 e. The Labute approximate surface area is 133 Å². The molecule has 1 atom stereocenters. The van der Waals surface area contributed by atoms with Crippen LogP contribution in [-0.4, -0.2) is 23.7 Å². The zero-order valence-corrected chi connectivity index (χ0v) is 13.0. The van der Waals surface area contributed by atoms with Gasteiger partial charge in [-0.25, -0.2) is 4.39 Å². The fourth-order valence-corrected chi connectivity index (χ4v) is 3.66. The third-order valence-corrected chi connectivity index (χ3v) is 4.87. The van der Waals surface area contributed by atoms with Crippen molar-refractivity contribution >= 4 is 17.7 Å². The lowest BCUT2D eigenvalue weighted by atomic mass is 10.1.